The van der Waals surface area contributed by atoms with Crippen molar-refractivity contribution >= 4 is 5.91 Å². The molecule has 0 N–H and O–H groups in total. The molecule has 2 saturated heterocycles. The van der Waals surface area contributed by atoms with E-state index < -0.39 is 5.79 Å². The van der Waals surface area contributed by atoms with Crippen molar-refractivity contribution in [2.45, 2.75) is 56.9 Å². The van der Waals surface area contributed by atoms with Crippen LogP contribution in [0.25, 0.3) is 11.1 Å². The van der Waals surface area contributed by atoms with E-state index in [1.54, 1.807) is 23.2 Å². The lowest BCUT2D eigenvalue weighted by Gasteiger charge is -2.40. The molecule has 6 rings (SSSR count). The van der Waals surface area contributed by atoms with E-state index in [4.69, 9.17) is 9.47 Å². The third kappa shape index (κ3) is 5.78. The second kappa shape index (κ2) is 11.2. The number of halogens is 1. The minimum Gasteiger partial charge on any atom is -0.348 e. The van der Waals surface area contributed by atoms with Gasteiger partial charge in [-0.25, -0.2) is 9.37 Å². The minimum atomic E-state index is -0.500. The van der Waals surface area contributed by atoms with Gasteiger partial charge < -0.3 is 23.8 Å². The van der Waals surface area contributed by atoms with E-state index in [9.17, 15) is 4.79 Å². The number of imidazole rings is 1. The molecular weight excluding hydrogens is 495 g/mol. The molecule has 3 aliphatic rings. The Morgan fingerprint density at radius 3 is 2.59 bits per heavy atom. The van der Waals surface area contributed by atoms with Crippen LogP contribution in [0.1, 0.15) is 53.7 Å². The standard InChI is InChI=1S/C31H37FN4O3/c1-34-21-29(33-22-34)30(37)36(26-8-11-31(12-9-26)38-16-17-39-31)20-24-6-7-28(32)27(19-24)25-5-2-4-23(18-25)10-15-35-13-3-14-35/h2,4-7,18-19,21-22,26H,3,8-17,20H2,1H3. The number of ether oxygens (including phenoxy) is 2. The number of carbonyl (C=O) groups is 1. The van der Waals surface area contributed by atoms with Gasteiger partial charge in [-0.2, -0.15) is 0 Å². The molecule has 0 radical (unpaired) electrons. The normalized spacial score (nSPS) is 19.3. The molecule has 1 aliphatic carbocycles. The van der Waals surface area contributed by atoms with Gasteiger partial charge in [0.1, 0.15) is 11.5 Å². The second-order valence-electron chi connectivity index (χ2n) is 11.2. The van der Waals surface area contributed by atoms with E-state index in [0.29, 0.717) is 31.0 Å². The predicted octanol–water partition coefficient (Wildman–Crippen LogP) is 4.80. The van der Waals surface area contributed by atoms with Crippen molar-refractivity contribution in [3.05, 3.63) is 77.6 Å². The zero-order valence-corrected chi connectivity index (χ0v) is 22.7. The SMILES string of the molecule is Cn1cnc(C(=O)N(Cc2ccc(F)c(-c3cccc(CCN4CCC4)c3)c2)C2CCC3(CC2)OCCO3)c1. The molecule has 206 valence electrons. The number of nitrogens with zero attached hydrogens (tertiary/aromatic N) is 4. The summed E-state index contributed by atoms with van der Waals surface area (Å²) in [6.45, 7) is 5.02. The first-order valence-corrected chi connectivity index (χ1v) is 14.1. The fourth-order valence-electron chi connectivity index (χ4n) is 6.05. The van der Waals surface area contributed by atoms with Crippen molar-refractivity contribution in [3.63, 3.8) is 0 Å². The van der Waals surface area contributed by atoms with Crippen LogP contribution in [0, 0.1) is 5.82 Å². The van der Waals surface area contributed by atoms with Crippen LogP contribution in [0.5, 0.6) is 0 Å². The van der Waals surface area contributed by atoms with Crippen molar-refractivity contribution in [2.24, 2.45) is 7.05 Å². The van der Waals surface area contributed by atoms with Crippen molar-refractivity contribution < 1.29 is 18.7 Å². The highest BCUT2D eigenvalue weighted by Crippen LogP contribution is 2.38. The van der Waals surface area contributed by atoms with E-state index >= 15 is 4.39 Å². The molecule has 3 fully saturated rings. The first-order chi connectivity index (χ1) is 19.0. The van der Waals surface area contributed by atoms with Crippen LogP contribution in [0.15, 0.2) is 55.0 Å². The Morgan fingerprint density at radius 1 is 1.10 bits per heavy atom. The zero-order valence-electron chi connectivity index (χ0n) is 22.7. The molecule has 39 heavy (non-hydrogen) atoms. The van der Waals surface area contributed by atoms with Gasteiger partial charge in [0.15, 0.2) is 5.79 Å². The van der Waals surface area contributed by atoms with Gasteiger partial charge in [-0.3, -0.25) is 4.79 Å². The van der Waals surface area contributed by atoms with Gasteiger partial charge in [-0.05, 0) is 67.6 Å². The third-order valence-electron chi connectivity index (χ3n) is 8.44. The predicted molar refractivity (Wildman–Crippen MR) is 147 cm³/mol. The minimum absolute atomic E-state index is 0.0243. The number of amides is 1. The number of aromatic nitrogens is 2. The van der Waals surface area contributed by atoms with Gasteiger partial charge in [-0.1, -0.05) is 30.3 Å². The fourth-order valence-corrected chi connectivity index (χ4v) is 6.05. The monoisotopic (exact) mass is 532 g/mol. The van der Waals surface area contributed by atoms with Crippen molar-refractivity contribution in [2.75, 3.05) is 32.8 Å². The van der Waals surface area contributed by atoms with Crippen LogP contribution in [-0.2, 0) is 29.5 Å². The molecule has 0 unspecified atom stereocenters. The number of benzene rings is 2. The maximum Gasteiger partial charge on any atom is 0.274 e. The summed E-state index contributed by atoms with van der Waals surface area (Å²) in [6, 6.07) is 13.4. The number of carbonyl (C=O) groups excluding carboxylic acids is 1. The van der Waals surface area contributed by atoms with E-state index in [1.165, 1.54) is 31.1 Å². The van der Waals surface area contributed by atoms with Gasteiger partial charge in [0, 0.05) is 50.8 Å². The number of likely N-dealkylation sites (tertiary alicyclic amines) is 1. The molecule has 8 heteroatoms. The smallest absolute Gasteiger partial charge is 0.274 e. The van der Waals surface area contributed by atoms with Gasteiger partial charge in [0.25, 0.3) is 5.91 Å². The summed E-state index contributed by atoms with van der Waals surface area (Å²) in [6.07, 6.45) is 8.71. The molecule has 1 saturated carbocycles. The highest BCUT2D eigenvalue weighted by atomic mass is 19.1. The quantitative estimate of drug-likeness (QED) is 0.417. The molecule has 1 aromatic heterocycles. The number of aryl methyl sites for hydroxylation is 1. The van der Waals surface area contributed by atoms with Crippen LogP contribution < -0.4 is 0 Å². The Balaban J connectivity index is 1.23. The molecule has 3 aromatic rings. The number of rotatable bonds is 8. The summed E-state index contributed by atoms with van der Waals surface area (Å²) < 4.78 is 28.7. The highest BCUT2D eigenvalue weighted by Gasteiger charge is 2.42. The second-order valence-corrected chi connectivity index (χ2v) is 11.2. The lowest BCUT2D eigenvalue weighted by molar-refractivity contribution is -0.183. The molecule has 0 atom stereocenters. The molecule has 7 nitrogen and oxygen atoms in total. The van der Waals surface area contributed by atoms with Crippen LogP contribution in [0.4, 0.5) is 4.39 Å². The zero-order chi connectivity index (χ0) is 26.8. The highest BCUT2D eigenvalue weighted by molar-refractivity contribution is 5.92. The summed E-state index contributed by atoms with van der Waals surface area (Å²) in [5.41, 5.74) is 3.97. The van der Waals surface area contributed by atoms with Gasteiger partial charge in [0.2, 0.25) is 0 Å². The fraction of sp³-hybridized carbons (Fsp3) is 0.484. The first kappa shape index (κ1) is 26.2. The van der Waals surface area contributed by atoms with E-state index in [2.05, 4.69) is 22.0 Å². The van der Waals surface area contributed by atoms with Crippen LogP contribution in [-0.4, -0.2) is 69.9 Å². The number of hydrogen-bond acceptors (Lipinski definition) is 5. The molecular formula is C31H37FN4O3. The average Bonchev–Trinajstić information content (AvgIpc) is 3.57. The molecule has 1 amide bonds. The summed E-state index contributed by atoms with van der Waals surface area (Å²) in [5, 5.41) is 0. The summed E-state index contributed by atoms with van der Waals surface area (Å²) in [4.78, 5) is 22.4. The average molecular weight is 533 g/mol. The lowest BCUT2D eigenvalue weighted by Crippen LogP contribution is -2.46. The maximum atomic E-state index is 15.1. The summed E-state index contributed by atoms with van der Waals surface area (Å²) in [5.74, 6) is -0.861. The van der Waals surface area contributed by atoms with E-state index in [-0.39, 0.29) is 17.8 Å². The molecule has 2 aromatic carbocycles. The first-order valence-electron chi connectivity index (χ1n) is 14.1. The maximum absolute atomic E-state index is 15.1. The Morgan fingerprint density at radius 2 is 1.90 bits per heavy atom. The van der Waals surface area contributed by atoms with Gasteiger partial charge >= 0.3 is 0 Å². The van der Waals surface area contributed by atoms with Crippen molar-refractivity contribution in [3.8, 4) is 11.1 Å². The molecule has 2 aliphatic heterocycles. The van der Waals surface area contributed by atoms with Crippen LogP contribution in [0.2, 0.25) is 0 Å². The van der Waals surface area contributed by atoms with Crippen LogP contribution in [0.3, 0.4) is 0 Å². The Labute approximate surface area is 229 Å². The van der Waals surface area contributed by atoms with Crippen molar-refractivity contribution in [1.29, 1.82) is 0 Å². The van der Waals surface area contributed by atoms with Crippen molar-refractivity contribution in [1.82, 2.24) is 19.4 Å². The lowest BCUT2D eigenvalue weighted by atomic mass is 9.88. The Kier molecular flexibility index (Phi) is 7.51. The Hall–Kier alpha value is -3.07. The summed E-state index contributed by atoms with van der Waals surface area (Å²) >= 11 is 0. The molecule has 1 spiro atoms. The van der Waals surface area contributed by atoms with Gasteiger partial charge in [-0.15, -0.1) is 0 Å². The van der Waals surface area contributed by atoms with E-state index in [0.717, 1.165) is 49.8 Å². The van der Waals surface area contributed by atoms with Crippen LogP contribution >= 0.6 is 0 Å². The topological polar surface area (TPSA) is 59.8 Å². The van der Waals surface area contributed by atoms with Gasteiger partial charge in [0.05, 0.1) is 19.5 Å². The summed E-state index contributed by atoms with van der Waals surface area (Å²) in [7, 11) is 1.86. The molecule has 0 bridgehead atoms. The number of hydrogen-bond donors (Lipinski definition) is 0. The molecule has 3 heterocycles. The third-order valence-corrected chi connectivity index (χ3v) is 8.44. The largest absolute Gasteiger partial charge is 0.348 e. The Bertz CT molecular complexity index is 1300. The van der Waals surface area contributed by atoms with E-state index in [1.807, 2.05) is 30.1 Å².